The molecule has 1 aromatic rings. The van der Waals surface area contributed by atoms with Crippen LogP contribution >= 0.6 is 0 Å². The molecular weight excluding hydrogens is 176 g/mol. The van der Waals surface area contributed by atoms with Crippen LogP contribution in [0, 0.1) is 6.92 Å². The molecule has 1 aromatic carbocycles. The Labute approximate surface area is 84.8 Å². The lowest BCUT2D eigenvalue weighted by Gasteiger charge is -2.13. The first-order valence-corrected chi connectivity index (χ1v) is 4.98. The summed E-state index contributed by atoms with van der Waals surface area (Å²) in [6, 6.07) is 4.23. The van der Waals surface area contributed by atoms with Crippen molar-refractivity contribution in [2.45, 2.75) is 25.7 Å². The molecule has 0 atom stereocenters. The van der Waals surface area contributed by atoms with Gasteiger partial charge in [0.15, 0.2) is 11.5 Å². The Morgan fingerprint density at radius 1 is 1.14 bits per heavy atom. The molecule has 0 unspecified atom stereocenters. The number of benzene rings is 1. The molecule has 1 saturated carbocycles. The lowest BCUT2D eigenvalue weighted by Crippen LogP contribution is -1.96. The summed E-state index contributed by atoms with van der Waals surface area (Å²) in [5, 5.41) is 0. The van der Waals surface area contributed by atoms with Gasteiger partial charge in [-0.2, -0.15) is 0 Å². The molecule has 0 aromatic heterocycles. The monoisotopic (exact) mass is 192 g/mol. The van der Waals surface area contributed by atoms with Crippen LogP contribution in [0.1, 0.15) is 29.9 Å². The normalized spacial score (nSPS) is 15.4. The molecule has 0 N–H and O–H groups in total. The molecule has 1 fully saturated rings. The maximum atomic E-state index is 5.40. The van der Waals surface area contributed by atoms with E-state index in [2.05, 4.69) is 13.0 Å². The predicted molar refractivity (Wildman–Crippen MR) is 56.3 cm³/mol. The number of aryl methyl sites for hydroxylation is 1. The maximum absolute atomic E-state index is 5.40. The van der Waals surface area contributed by atoms with Crippen LogP contribution in [-0.2, 0) is 0 Å². The van der Waals surface area contributed by atoms with Crippen molar-refractivity contribution in [3.8, 4) is 11.5 Å². The Bertz CT molecular complexity index is 340. The van der Waals surface area contributed by atoms with Gasteiger partial charge in [0.05, 0.1) is 14.2 Å². The first-order chi connectivity index (χ1) is 6.76. The third-order valence-electron chi connectivity index (χ3n) is 2.67. The SMILES string of the molecule is COc1cc(C)cc(C2CC2)c1OC. The van der Waals surface area contributed by atoms with E-state index < -0.39 is 0 Å². The van der Waals surface area contributed by atoms with Gasteiger partial charge in [0.25, 0.3) is 0 Å². The third kappa shape index (κ3) is 1.57. The Hall–Kier alpha value is -1.18. The summed E-state index contributed by atoms with van der Waals surface area (Å²) in [6.07, 6.45) is 2.56. The highest BCUT2D eigenvalue weighted by Crippen LogP contribution is 2.47. The highest BCUT2D eigenvalue weighted by molar-refractivity contribution is 5.51. The summed E-state index contributed by atoms with van der Waals surface area (Å²) in [5.74, 6) is 2.47. The Balaban J connectivity index is 2.49. The zero-order valence-corrected chi connectivity index (χ0v) is 8.96. The fourth-order valence-electron chi connectivity index (χ4n) is 1.83. The van der Waals surface area contributed by atoms with Crippen LogP contribution in [-0.4, -0.2) is 14.2 Å². The maximum Gasteiger partial charge on any atom is 0.164 e. The van der Waals surface area contributed by atoms with Gasteiger partial charge in [-0.05, 0) is 37.3 Å². The Morgan fingerprint density at radius 3 is 2.36 bits per heavy atom. The molecule has 0 amide bonds. The number of hydrogen-bond donors (Lipinski definition) is 0. The van der Waals surface area contributed by atoms with Crippen LogP contribution < -0.4 is 9.47 Å². The lowest BCUT2D eigenvalue weighted by molar-refractivity contribution is 0.351. The van der Waals surface area contributed by atoms with Gasteiger partial charge in [-0.25, -0.2) is 0 Å². The van der Waals surface area contributed by atoms with E-state index in [1.165, 1.54) is 24.0 Å². The minimum absolute atomic E-state index is 0.693. The highest BCUT2D eigenvalue weighted by atomic mass is 16.5. The topological polar surface area (TPSA) is 18.5 Å². The Kier molecular flexibility index (Phi) is 2.36. The number of rotatable bonds is 3. The van der Waals surface area contributed by atoms with Crippen LogP contribution in [0.2, 0.25) is 0 Å². The molecule has 14 heavy (non-hydrogen) atoms. The summed E-state index contributed by atoms with van der Waals surface area (Å²) < 4.78 is 10.7. The van der Waals surface area contributed by atoms with Gasteiger partial charge in [-0.15, -0.1) is 0 Å². The number of ether oxygens (including phenoxy) is 2. The molecule has 0 heterocycles. The summed E-state index contributed by atoms with van der Waals surface area (Å²) in [7, 11) is 3.40. The molecule has 1 aliphatic carbocycles. The van der Waals surface area contributed by atoms with Crippen molar-refractivity contribution in [3.05, 3.63) is 23.3 Å². The fourth-order valence-corrected chi connectivity index (χ4v) is 1.83. The van der Waals surface area contributed by atoms with Crippen molar-refractivity contribution in [2.24, 2.45) is 0 Å². The van der Waals surface area contributed by atoms with Crippen molar-refractivity contribution in [1.82, 2.24) is 0 Å². The first kappa shape index (κ1) is 9.38. The van der Waals surface area contributed by atoms with Gasteiger partial charge < -0.3 is 9.47 Å². The van der Waals surface area contributed by atoms with E-state index in [0.29, 0.717) is 5.92 Å². The van der Waals surface area contributed by atoms with Crippen molar-refractivity contribution >= 4 is 0 Å². The van der Waals surface area contributed by atoms with E-state index in [0.717, 1.165) is 11.5 Å². The molecular formula is C12H16O2. The largest absolute Gasteiger partial charge is 0.493 e. The van der Waals surface area contributed by atoms with Crippen LogP contribution in [0.4, 0.5) is 0 Å². The number of methoxy groups -OCH3 is 2. The van der Waals surface area contributed by atoms with Gasteiger partial charge in [0, 0.05) is 5.56 Å². The molecule has 2 nitrogen and oxygen atoms in total. The van der Waals surface area contributed by atoms with Gasteiger partial charge in [0.1, 0.15) is 0 Å². The second kappa shape index (κ2) is 3.52. The molecule has 0 radical (unpaired) electrons. The fraction of sp³-hybridized carbons (Fsp3) is 0.500. The van der Waals surface area contributed by atoms with Crippen molar-refractivity contribution in [2.75, 3.05) is 14.2 Å². The minimum atomic E-state index is 0.693. The van der Waals surface area contributed by atoms with Crippen LogP contribution in [0.15, 0.2) is 12.1 Å². The predicted octanol–water partition coefficient (Wildman–Crippen LogP) is 2.89. The molecule has 2 rings (SSSR count). The van der Waals surface area contributed by atoms with Crippen molar-refractivity contribution in [3.63, 3.8) is 0 Å². The molecule has 2 heteroatoms. The lowest BCUT2D eigenvalue weighted by atomic mass is 10.1. The van der Waals surface area contributed by atoms with E-state index in [4.69, 9.17) is 9.47 Å². The molecule has 76 valence electrons. The molecule has 0 saturated heterocycles. The molecule has 1 aliphatic rings. The van der Waals surface area contributed by atoms with E-state index in [9.17, 15) is 0 Å². The zero-order valence-electron chi connectivity index (χ0n) is 8.96. The summed E-state index contributed by atoms with van der Waals surface area (Å²) in [4.78, 5) is 0. The van der Waals surface area contributed by atoms with Crippen molar-refractivity contribution in [1.29, 1.82) is 0 Å². The standard InChI is InChI=1S/C12H16O2/c1-8-6-10(9-4-5-9)12(14-3)11(7-8)13-2/h6-7,9H,4-5H2,1-3H3. The van der Waals surface area contributed by atoms with Crippen LogP contribution in [0.25, 0.3) is 0 Å². The first-order valence-electron chi connectivity index (χ1n) is 4.98. The van der Waals surface area contributed by atoms with Gasteiger partial charge >= 0.3 is 0 Å². The molecule has 0 spiro atoms. The zero-order chi connectivity index (χ0) is 10.1. The third-order valence-corrected chi connectivity index (χ3v) is 2.67. The average molecular weight is 192 g/mol. The summed E-state index contributed by atoms with van der Waals surface area (Å²) in [6.45, 7) is 2.09. The van der Waals surface area contributed by atoms with E-state index in [-0.39, 0.29) is 0 Å². The second-order valence-electron chi connectivity index (χ2n) is 3.86. The highest BCUT2D eigenvalue weighted by Gasteiger charge is 2.28. The van der Waals surface area contributed by atoms with Gasteiger partial charge in [0.2, 0.25) is 0 Å². The molecule has 0 bridgehead atoms. The number of hydrogen-bond acceptors (Lipinski definition) is 2. The van der Waals surface area contributed by atoms with E-state index >= 15 is 0 Å². The van der Waals surface area contributed by atoms with Crippen LogP contribution in [0.3, 0.4) is 0 Å². The van der Waals surface area contributed by atoms with Crippen LogP contribution in [0.5, 0.6) is 11.5 Å². The second-order valence-corrected chi connectivity index (χ2v) is 3.86. The minimum Gasteiger partial charge on any atom is -0.493 e. The summed E-state index contributed by atoms with van der Waals surface area (Å²) >= 11 is 0. The quantitative estimate of drug-likeness (QED) is 0.733. The van der Waals surface area contributed by atoms with Gasteiger partial charge in [-0.1, -0.05) is 6.07 Å². The average Bonchev–Trinajstić information content (AvgIpc) is 2.99. The Morgan fingerprint density at radius 2 is 1.86 bits per heavy atom. The molecule has 0 aliphatic heterocycles. The smallest absolute Gasteiger partial charge is 0.164 e. The summed E-state index contributed by atoms with van der Waals surface area (Å²) in [5.41, 5.74) is 2.55. The van der Waals surface area contributed by atoms with Crippen molar-refractivity contribution < 1.29 is 9.47 Å². The van der Waals surface area contributed by atoms with Gasteiger partial charge in [-0.3, -0.25) is 0 Å². The van der Waals surface area contributed by atoms with E-state index in [1.54, 1.807) is 14.2 Å². The van der Waals surface area contributed by atoms with E-state index in [1.807, 2.05) is 6.07 Å².